The van der Waals surface area contributed by atoms with Crippen molar-refractivity contribution in [1.82, 2.24) is 19.9 Å². The second-order valence-electron chi connectivity index (χ2n) is 7.40. The number of anilines is 4. The Morgan fingerprint density at radius 2 is 1.73 bits per heavy atom. The molecule has 3 heterocycles. The summed E-state index contributed by atoms with van der Waals surface area (Å²) in [5.41, 5.74) is 0.745. The summed E-state index contributed by atoms with van der Waals surface area (Å²) in [4.78, 5) is 30.2. The molecule has 1 aliphatic heterocycles. The Bertz CT molecular complexity index is 1100. The van der Waals surface area contributed by atoms with Crippen LogP contribution in [0.5, 0.6) is 0 Å². The van der Waals surface area contributed by atoms with E-state index in [0.29, 0.717) is 29.8 Å². The Morgan fingerprint density at radius 1 is 1.00 bits per heavy atom. The molecule has 0 atom stereocenters. The van der Waals surface area contributed by atoms with E-state index in [9.17, 15) is 4.79 Å². The average molecular weight is 488 g/mol. The zero-order valence-corrected chi connectivity index (χ0v) is 19.2. The zero-order chi connectivity index (χ0) is 23.2. The largest absolute Gasteiger partial charge is 0.395 e. The van der Waals surface area contributed by atoms with Crippen LogP contribution in [0.4, 0.5) is 23.3 Å². The van der Waals surface area contributed by atoms with Gasteiger partial charge in [0, 0.05) is 56.9 Å². The number of halogens is 2. The van der Waals surface area contributed by atoms with Crippen LogP contribution >= 0.6 is 23.2 Å². The van der Waals surface area contributed by atoms with Crippen molar-refractivity contribution in [3.63, 3.8) is 0 Å². The lowest BCUT2D eigenvalue weighted by Gasteiger charge is -2.34. The first-order chi connectivity index (χ1) is 16.0. The van der Waals surface area contributed by atoms with E-state index in [1.165, 1.54) is 0 Å². The molecule has 0 aliphatic carbocycles. The number of amides is 1. The molecule has 2 aromatic heterocycles. The maximum atomic E-state index is 12.6. The van der Waals surface area contributed by atoms with E-state index in [0.717, 1.165) is 26.2 Å². The third-order valence-corrected chi connectivity index (χ3v) is 5.81. The van der Waals surface area contributed by atoms with Gasteiger partial charge < -0.3 is 20.6 Å². The Kier molecular flexibility index (Phi) is 7.56. The molecule has 4 rings (SSSR count). The molecule has 1 aromatic carbocycles. The third kappa shape index (κ3) is 5.88. The summed E-state index contributed by atoms with van der Waals surface area (Å²) >= 11 is 12.3. The highest BCUT2D eigenvalue weighted by Gasteiger charge is 2.19. The Balaban J connectivity index is 1.43. The highest BCUT2D eigenvalue weighted by Crippen LogP contribution is 2.26. The number of hydrogen-bond donors (Lipinski definition) is 3. The van der Waals surface area contributed by atoms with Gasteiger partial charge in [0.15, 0.2) is 0 Å². The second kappa shape index (κ2) is 10.8. The van der Waals surface area contributed by atoms with E-state index in [-0.39, 0.29) is 22.2 Å². The van der Waals surface area contributed by atoms with Gasteiger partial charge in [0.1, 0.15) is 11.6 Å². The number of rotatable bonds is 7. The van der Waals surface area contributed by atoms with Crippen LogP contribution in [0, 0.1) is 0 Å². The maximum absolute atomic E-state index is 12.6. The molecule has 1 saturated heterocycles. The summed E-state index contributed by atoms with van der Waals surface area (Å²) in [6.07, 6.45) is 3.27. The number of aliphatic hydroxyl groups excluding tert-OH is 1. The van der Waals surface area contributed by atoms with Crippen molar-refractivity contribution in [3.8, 4) is 0 Å². The van der Waals surface area contributed by atoms with Gasteiger partial charge in [-0.15, -0.1) is 0 Å². The van der Waals surface area contributed by atoms with Crippen LogP contribution in [-0.4, -0.2) is 70.2 Å². The van der Waals surface area contributed by atoms with Crippen LogP contribution < -0.4 is 15.5 Å². The number of β-amino-alcohol motifs (C(OH)–C–C–N with tert-alkyl or cyclic N) is 1. The van der Waals surface area contributed by atoms with Crippen LogP contribution in [0.2, 0.25) is 10.0 Å². The van der Waals surface area contributed by atoms with E-state index in [1.807, 2.05) is 0 Å². The van der Waals surface area contributed by atoms with Crippen molar-refractivity contribution in [2.75, 3.05) is 54.9 Å². The number of nitrogens with one attached hydrogen (secondary N) is 2. The summed E-state index contributed by atoms with van der Waals surface area (Å²) in [6, 6.07) is 10.0. The SMILES string of the molecule is O=C(Nc1ccnc(Nc2ccnc(N3CCN(CCO)CC3)n2)c1)c1c(Cl)cccc1Cl. The van der Waals surface area contributed by atoms with E-state index >= 15 is 0 Å². The van der Waals surface area contributed by atoms with Gasteiger partial charge in [0.25, 0.3) is 5.91 Å². The van der Waals surface area contributed by atoms with Crippen LogP contribution in [-0.2, 0) is 0 Å². The molecule has 0 unspecified atom stereocenters. The Labute approximate surface area is 201 Å². The van der Waals surface area contributed by atoms with Gasteiger partial charge in [-0.1, -0.05) is 29.3 Å². The summed E-state index contributed by atoms with van der Waals surface area (Å²) < 4.78 is 0. The quantitative estimate of drug-likeness (QED) is 0.465. The molecule has 33 heavy (non-hydrogen) atoms. The topological polar surface area (TPSA) is 107 Å². The minimum atomic E-state index is -0.410. The predicted molar refractivity (Wildman–Crippen MR) is 130 cm³/mol. The van der Waals surface area contributed by atoms with Crippen molar-refractivity contribution in [3.05, 3.63) is 64.4 Å². The molecular weight excluding hydrogens is 465 g/mol. The predicted octanol–water partition coefficient (Wildman–Crippen LogP) is 3.29. The monoisotopic (exact) mass is 487 g/mol. The smallest absolute Gasteiger partial charge is 0.258 e. The van der Waals surface area contributed by atoms with Gasteiger partial charge in [-0.3, -0.25) is 9.69 Å². The summed E-state index contributed by atoms with van der Waals surface area (Å²) in [5, 5.41) is 15.6. The molecule has 1 aliphatic rings. The van der Waals surface area contributed by atoms with Crippen molar-refractivity contribution < 1.29 is 9.90 Å². The van der Waals surface area contributed by atoms with Crippen molar-refractivity contribution >= 4 is 52.4 Å². The zero-order valence-electron chi connectivity index (χ0n) is 17.7. The number of pyridine rings is 1. The van der Waals surface area contributed by atoms with Gasteiger partial charge in [-0.05, 0) is 24.3 Å². The minimum Gasteiger partial charge on any atom is -0.395 e. The molecular formula is C22H23Cl2N7O2. The number of nitrogens with zero attached hydrogens (tertiary/aromatic N) is 5. The normalized spacial score (nSPS) is 14.2. The Morgan fingerprint density at radius 3 is 2.45 bits per heavy atom. The number of piperazine rings is 1. The molecule has 11 heteroatoms. The number of carbonyl (C=O) groups excluding carboxylic acids is 1. The molecule has 0 spiro atoms. The molecule has 1 fully saturated rings. The Hall–Kier alpha value is -2.98. The van der Waals surface area contributed by atoms with E-state index in [4.69, 9.17) is 28.3 Å². The number of aliphatic hydroxyl groups is 1. The molecule has 0 radical (unpaired) electrons. The van der Waals surface area contributed by atoms with Crippen LogP contribution in [0.25, 0.3) is 0 Å². The van der Waals surface area contributed by atoms with Crippen molar-refractivity contribution in [1.29, 1.82) is 0 Å². The molecule has 172 valence electrons. The molecule has 3 aromatic rings. The highest BCUT2D eigenvalue weighted by molar-refractivity contribution is 6.40. The molecule has 0 bridgehead atoms. The van der Waals surface area contributed by atoms with Gasteiger partial charge in [0.05, 0.1) is 22.2 Å². The van der Waals surface area contributed by atoms with Gasteiger partial charge in [-0.2, -0.15) is 4.98 Å². The number of benzene rings is 1. The van der Waals surface area contributed by atoms with E-state index in [1.54, 1.807) is 48.8 Å². The van der Waals surface area contributed by atoms with Crippen molar-refractivity contribution in [2.24, 2.45) is 0 Å². The first kappa shape index (κ1) is 23.2. The van der Waals surface area contributed by atoms with E-state index in [2.05, 4.69) is 35.4 Å². The second-order valence-corrected chi connectivity index (χ2v) is 8.21. The maximum Gasteiger partial charge on any atom is 0.258 e. The summed E-state index contributed by atoms with van der Waals surface area (Å²) in [7, 11) is 0. The lowest BCUT2D eigenvalue weighted by Crippen LogP contribution is -2.47. The molecule has 9 nitrogen and oxygen atoms in total. The van der Waals surface area contributed by atoms with Gasteiger partial charge >= 0.3 is 0 Å². The number of aromatic nitrogens is 3. The van der Waals surface area contributed by atoms with Crippen LogP contribution in [0.1, 0.15) is 10.4 Å². The van der Waals surface area contributed by atoms with Gasteiger partial charge in [0.2, 0.25) is 5.95 Å². The minimum absolute atomic E-state index is 0.161. The lowest BCUT2D eigenvalue weighted by molar-refractivity contribution is 0.102. The van der Waals surface area contributed by atoms with Gasteiger partial charge in [-0.25, -0.2) is 9.97 Å². The lowest BCUT2D eigenvalue weighted by atomic mass is 10.2. The van der Waals surface area contributed by atoms with Crippen LogP contribution in [0.15, 0.2) is 48.8 Å². The molecule has 1 amide bonds. The van der Waals surface area contributed by atoms with E-state index < -0.39 is 5.91 Å². The third-order valence-electron chi connectivity index (χ3n) is 5.18. The molecule has 0 saturated carbocycles. The fraction of sp³-hybridized carbons (Fsp3) is 0.273. The highest BCUT2D eigenvalue weighted by atomic mass is 35.5. The standard InChI is InChI=1S/C22H23Cl2N7O2/c23-16-2-1-3-17(24)20(16)21(33)27-15-4-6-25-19(14-15)28-18-5-7-26-22(29-18)31-10-8-30(9-11-31)12-13-32/h1-7,14,32H,8-13H2,(H2,25,26,27,28,29,33). The first-order valence-corrected chi connectivity index (χ1v) is 11.2. The van der Waals surface area contributed by atoms with Crippen molar-refractivity contribution in [2.45, 2.75) is 0 Å². The molecule has 3 N–H and O–H groups in total. The number of hydrogen-bond acceptors (Lipinski definition) is 8. The van der Waals surface area contributed by atoms with Crippen LogP contribution in [0.3, 0.4) is 0 Å². The average Bonchev–Trinajstić information content (AvgIpc) is 2.80. The fourth-order valence-corrected chi connectivity index (χ4v) is 4.07. The fourth-order valence-electron chi connectivity index (χ4n) is 3.50. The first-order valence-electron chi connectivity index (χ1n) is 10.4. The summed E-state index contributed by atoms with van der Waals surface area (Å²) in [5.74, 6) is 1.31. The summed E-state index contributed by atoms with van der Waals surface area (Å²) in [6.45, 7) is 4.10. The number of carbonyl (C=O) groups is 1.